The number of alkyl carbamates (subject to hydrolysis) is 1. The molecule has 0 bridgehead atoms. The van der Waals surface area contributed by atoms with E-state index >= 15 is 0 Å². The second-order valence-corrected chi connectivity index (χ2v) is 8.79. The smallest absolute Gasteiger partial charge is 0.408 e. The summed E-state index contributed by atoms with van der Waals surface area (Å²) in [5.74, 6) is -1.04. The minimum atomic E-state index is -1.04. The van der Waals surface area contributed by atoms with Crippen molar-refractivity contribution in [2.24, 2.45) is 0 Å². The fraction of sp³-hybridized carbons (Fsp3) is 0.348. The molecule has 3 N–H and O–H groups in total. The van der Waals surface area contributed by atoms with Crippen molar-refractivity contribution in [3.63, 3.8) is 0 Å². The van der Waals surface area contributed by atoms with Gasteiger partial charge in [0.05, 0.1) is 22.8 Å². The summed E-state index contributed by atoms with van der Waals surface area (Å²) in [6.07, 6.45) is -1.22. The number of fused-ring (bicyclic) bond motifs is 1. The van der Waals surface area contributed by atoms with Gasteiger partial charge in [0.2, 0.25) is 0 Å². The number of ether oxygens (including phenoxy) is 1. The summed E-state index contributed by atoms with van der Waals surface area (Å²) in [7, 11) is 0. The Kier molecular flexibility index (Phi) is 6.99. The third-order valence-corrected chi connectivity index (χ3v) is 6.64. The number of likely N-dealkylation sites (tertiary alicyclic amines) is 1. The van der Waals surface area contributed by atoms with Gasteiger partial charge in [-0.05, 0) is 30.5 Å². The Hall–Kier alpha value is -3.01. The third-order valence-electron chi connectivity index (χ3n) is 5.54. The number of hydrogen-bond acceptors (Lipinski definition) is 7. The van der Waals surface area contributed by atoms with Crippen molar-refractivity contribution in [2.75, 3.05) is 6.54 Å². The molecule has 1 aliphatic heterocycles. The average Bonchev–Trinajstić information content (AvgIpc) is 3.44. The lowest BCUT2D eigenvalue weighted by molar-refractivity contribution is -0.139. The number of carboxylic acids is 1. The first-order valence-electron chi connectivity index (χ1n) is 10.5. The number of carbonyl (C=O) groups excluding carboxylic acids is 1. The lowest BCUT2D eigenvalue weighted by Crippen LogP contribution is -2.52. The summed E-state index contributed by atoms with van der Waals surface area (Å²) in [5.41, 5.74) is 1.66. The number of hydrogen-bond donors (Lipinski definition) is 3. The van der Waals surface area contributed by atoms with Gasteiger partial charge in [-0.15, -0.1) is 11.3 Å². The zero-order valence-corrected chi connectivity index (χ0v) is 18.2. The molecule has 1 aromatic heterocycles. The largest absolute Gasteiger partial charge is 0.481 e. The van der Waals surface area contributed by atoms with Gasteiger partial charge in [0, 0.05) is 12.6 Å². The predicted molar refractivity (Wildman–Crippen MR) is 120 cm³/mol. The van der Waals surface area contributed by atoms with E-state index < -0.39 is 24.3 Å². The van der Waals surface area contributed by atoms with E-state index in [0.717, 1.165) is 22.2 Å². The molecule has 9 heteroatoms. The molecule has 32 heavy (non-hydrogen) atoms. The summed E-state index contributed by atoms with van der Waals surface area (Å²) < 4.78 is 6.26. The maximum Gasteiger partial charge on any atom is 0.408 e. The van der Waals surface area contributed by atoms with Gasteiger partial charge in [-0.25, -0.2) is 9.78 Å². The van der Waals surface area contributed by atoms with Crippen molar-refractivity contribution in [1.29, 1.82) is 0 Å². The first-order valence-corrected chi connectivity index (χ1v) is 11.3. The summed E-state index contributed by atoms with van der Waals surface area (Å²) in [6.45, 7) is 0.647. The van der Waals surface area contributed by atoms with Crippen molar-refractivity contribution < 1.29 is 24.5 Å². The van der Waals surface area contributed by atoms with Crippen molar-refractivity contribution in [3.05, 3.63) is 65.2 Å². The van der Waals surface area contributed by atoms with Gasteiger partial charge in [-0.2, -0.15) is 0 Å². The Balaban J connectivity index is 1.46. The SMILES string of the molecule is O=C(O)C[C@@H](NC(=O)OCc1ccccc1)N1CCCC1C(O)c1nc2ccccc2s1. The van der Waals surface area contributed by atoms with Crippen LogP contribution < -0.4 is 5.32 Å². The van der Waals surface area contributed by atoms with Crippen LogP contribution in [0.15, 0.2) is 54.6 Å². The van der Waals surface area contributed by atoms with Crippen LogP contribution >= 0.6 is 11.3 Å². The number of thiazole rings is 1. The topological polar surface area (TPSA) is 112 Å². The van der Waals surface area contributed by atoms with Crippen molar-refractivity contribution >= 4 is 33.6 Å². The van der Waals surface area contributed by atoms with Crippen LogP contribution in [0.3, 0.4) is 0 Å². The predicted octanol–water partition coefficient (Wildman–Crippen LogP) is 3.52. The lowest BCUT2D eigenvalue weighted by Gasteiger charge is -2.34. The Morgan fingerprint density at radius 2 is 1.94 bits per heavy atom. The van der Waals surface area contributed by atoms with E-state index in [1.165, 1.54) is 11.3 Å². The monoisotopic (exact) mass is 455 g/mol. The molecule has 1 amide bonds. The number of nitrogens with one attached hydrogen (secondary N) is 1. The number of aliphatic hydroxyl groups excluding tert-OH is 1. The van der Waals surface area contributed by atoms with Crippen LogP contribution in [0, 0.1) is 0 Å². The summed E-state index contributed by atoms with van der Waals surface area (Å²) in [4.78, 5) is 30.3. The van der Waals surface area contributed by atoms with Gasteiger partial charge in [0.15, 0.2) is 0 Å². The van der Waals surface area contributed by atoms with Crippen LogP contribution in [-0.2, 0) is 16.1 Å². The van der Waals surface area contributed by atoms with E-state index in [4.69, 9.17) is 4.74 Å². The quantitative estimate of drug-likeness (QED) is 0.476. The number of para-hydroxylation sites is 1. The molecule has 4 rings (SSSR count). The van der Waals surface area contributed by atoms with Crippen LogP contribution in [0.5, 0.6) is 0 Å². The van der Waals surface area contributed by atoms with Crippen LogP contribution in [0.1, 0.15) is 35.9 Å². The minimum absolute atomic E-state index is 0.0875. The molecule has 0 aliphatic carbocycles. The van der Waals surface area contributed by atoms with Gasteiger partial charge in [-0.1, -0.05) is 42.5 Å². The Bertz CT molecular complexity index is 1040. The Labute approximate surface area is 189 Å². The summed E-state index contributed by atoms with van der Waals surface area (Å²) >= 11 is 1.42. The highest BCUT2D eigenvalue weighted by molar-refractivity contribution is 7.18. The van der Waals surface area contributed by atoms with Gasteiger partial charge in [-0.3, -0.25) is 9.69 Å². The van der Waals surface area contributed by atoms with Crippen LogP contribution in [0.2, 0.25) is 0 Å². The van der Waals surface area contributed by atoms with Gasteiger partial charge >= 0.3 is 12.1 Å². The summed E-state index contributed by atoms with van der Waals surface area (Å²) in [5, 5.41) is 23.8. The molecule has 168 valence electrons. The maximum atomic E-state index is 12.4. The molecule has 0 saturated carbocycles. The lowest BCUT2D eigenvalue weighted by atomic mass is 10.1. The molecule has 3 atom stereocenters. The number of aromatic nitrogens is 1. The van der Waals surface area contributed by atoms with Gasteiger partial charge in [0.1, 0.15) is 17.7 Å². The normalized spacial score (nSPS) is 18.3. The van der Waals surface area contributed by atoms with E-state index in [1.807, 2.05) is 59.5 Å². The molecule has 2 heterocycles. The standard InChI is InChI=1S/C23H25N3O5S/c27-20(28)13-19(25-23(30)31-14-15-7-2-1-3-8-15)26-12-6-10-17(26)21(29)22-24-16-9-4-5-11-18(16)32-22/h1-5,7-9,11,17,19,21,29H,6,10,12-14H2,(H,25,30)(H,27,28)/t17?,19-,21?/m0/s1. The first-order chi connectivity index (χ1) is 15.5. The highest BCUT2D eigenvalue weighted by atomic mass is 32.1. The molecule has 2 unspecified atom stereocenters. The second-order valence-electron chi connectivity index (χ2n) is 7.73. The third kappa shape index (κ3) is 5.24. The van der Waals surface area contributed by atoms with E-state index in [0.29, 0.717) is 18.0 Å². The maximum absolute atomic E-state index is 12.4. The first kappa shape index (κ1) is 22.2. The van der Waals surface area contributed by atoms with Crippen molar-refractivity contribution in [1.82, 2.24) is 15.2 Å². The highest BCUT2D eigenvalue weighted by Gasteiger charge is 2.38. The fourth-order valence-electron chi connectivity index (χ4n) is 4.04. The number of carbonyl (C=O) groups is 2. The number of nitrogens with zero attached hydrogens (tertiary/aromatic N) is 2. The molecule has 3 aromatic rings. The number of aliphatic hydroxyl groups is 1. The number of carboxylic acid groups (broad SMARTS) is 1. The molecule has 2 aromatic carbocycles. The number of rotatable bonds is 8. The molecular formula is C23H25N3O5S. The fourth-order valence-corrected chi connectivity index (χ4v) is 5.05. The summed E-state index contributed by atoms with van der Waals surface area (Å²) in [6, 6.07) is 16.6. The zero-order valence-electron chi connectivity index (χ0n) is 17.4. The van der Waals surface area contributed by atoms with Gasteiger partial charge in [0.25, 0.3) is 0 Å². The van der Waals surface area contributed by atoms with Gasteiger partial charge < -0.3 is 20.3 Å². The number of amides is 1. The van der Waals surface area contributed by atoms with Crippen LogP contribution in [0.4, 0.5) is 4.79 Å². The molecule has 8 nitrogen and oxygen atoms in total. The minimum Gasteiger partial charge on any atom is -0.481 e. The number of benzene rings is 2. The van der Waals surface area contributed by atoms with E-state index in [-0.39, 0.29) is 19.1 Å². The molecule has 1 saturated heterocycles. The number of aliphatic carboxylic acids is 1. The van der Waals surface area contributed by atoms with Crippen molar-refractivity contribution in [3.8, 4) is 0 Å². The molecule has 0 radical (unpaired) electrons. The zero-order chi connectivity index (χ0) is 22.5. The second kappa shape index (κ2) is 10.1. The van der Waals surface area contributed by atoms with Crippen LogP contribution in [-0.4, -0.2) is 50.9 Å². The van der Waals surface area contributed by atoms with E-state index in [9.17, 15) is 19.8 Å². The van der Waals surface area contributed by atoms with Crippen LogP contribution in [0.25, 0.3) is 10.2 Å². The Morgan fingerprint density at radius 3 is 2.69 bits per heavy atom. The van der Waals surface area contributed by atoms with E-state index in [1.54, 1.807) is 0 Å². The van der Waals surface area contributed by atoms with Crippen molar-refractivity contribution in [2.45, 2.75) is 44.2 Å². The molecule has 1 fully saturated rings. The highest BCUT2D eigenvalue weighted by Crippen LogP contribution is 2.34. The molecule has 1 aliphatic rings. The Morgan fingerprint density at radius 1 is 1.19 bits per heavy atom. The molecule has 0 spiro atoms. The average molecular weight is 456 g/mol. The van der Waals surface area contributed by atoms with E-state index in [2.05, 4.69) is 10.3 Å². The molecular weight excluding hydrogens is 430 g/mol.